The monoisotopic (exact) mass is 484 g/mol. The van der Waals surface area contributed by atoms with Crippen LogP contribution in [-0.4, -0.2) is 27.7 Å². The third kappa shape index (κ3) is 4.04. The highest BCUT2D eigenvalue weighted by atomic mass is 79.9. The molecule has 2 heterocycles. The lowest BCUT2D eigenvalue weighted by atomic mass is 10.1. The van der Waals surface area contributed by atoms with Gasteiger partial charge in [-0.3, -0.25) is 0 Å². The number of carbonyl (C=O) groups is 1. The van der Waals surface area contributed by atoms with Gasteiger partial charge in [0.25, 0.3) is 0 Å². The summed E-state index contributed by atoms with van der Waals surface area (Å²) in [6.45, 7) is 1.22. The zero-order valence-corrected chi connectivity index (χ0v) is 18.5. The van der Waals surface area contributed by atoms with Crippen LogP contribution in [0, 0.1) is 0 Å². The van der Waals surface area contributed by atoms with Gasteiger partial charge < -0.3 is 9.64 Å². The van der Waals surface area contributed by atoms with Gasteiger partial charge in [0.15, 0.2) is 11.5 Å². The van der Waals surface area contributed by atoms with Crippen LogP contribution in [0.15, 0.2) is 71.3 Å². The van der Waals surface area contributed by atoms with E-state index in [1.165, 1.54) is 13.3 Å². The van der Waals surface area contributed by atoms with Gasteiger partial charge in [0.1, 0.15) is 10.7 Å². The number of methoxy groups -OCH3 is 1. The zero-order valence-electron chi connectivity index (χ0n) is 16.1. The molecule has 0 radical (unpaired) electrons. The summed E-state index contributed by atoms with van der Waals surface area (Å²) in [4.78, 5) is 18.7. The number of carbonyl (C=O) groups excluding carboxylic acids is 1. The highest BCUT2D eigenvalue weighted by molar-refractivity contribution is 9.10. The molecule has 0 atom stereocenters. The fourth-order valence-electron chi connectivity index (χ4n) is 3.27. The molecule has 0 aliphatic rings. The molecule has 2 aromatic carbocycles. The molecule has 0 N–H and O–H groups in total. The van der Waals surface area contributed by atoms with Gasteiger partial charge in [-0.15, -0.1) is 0 Å². The van der Waals surface area contributed by atoms with E-state index in [0.29, 0.717) is 29.0 Å². The fourth-order valence-corrected chi connectivity index (χ4v) is 3.94. The Morgan fingerprint density at radius 2 is 1.63 bits per heavy atom. The SMILES string of the molecule is COC(=O)c1cnn2c(N(Cc3ccccc3)Cc3ccccc3)c(Br)c(Cl)nc12. The molecular formula is C22H18BrClN4O2. The Kier molecular flexibility index (Phi) is 6.01. The van der Waals surface area contributed by atoms with Crippen LogP contribution in [0.5, 0.6) is 0 Å². The molecule has 30 heavy (non-hydrogen) atoms. The van der Waals surface area contributed by atoms with Gasteiger partial charge in [-0.2, -0.15) is 9.61 Å². The van der Waals surface area contributed by atoms with Crippen molar-refractivity contribution in [3.05, 3.63) is 93.2 Å². The van der Waals surface area contributed by atoms with Gasteiger partial charge >= 0.3 is 5.97 Å². The number of hydrogen-bond acceptors (Lipinski definition) is 5. The van der Waals surface area contributed by atoms with Crippen molar-refractivity contribution in [2.24, 2.45) is 0 Å². The van der Waals surface area contributed by atoms with Crippen molar-refractivity contribution in [1.29, 1.82) is 0 Å². The van der Waals surface area contributed by atoms with E-state index in [2.05, 4.69) is 55.2 Å². The van der Waals surface area contributed by atoms with E-state index in [1.807, 2.05) is 36.4 Å². The van der Waals surface area contributed by atoms with E-state index < -0.39 is 5.97 Å². The minimum atomic E-state index is -0.514. The van der Waals surface area contributed by atoms with Crippen LogP contribution in [0.2, 0.25) is 5.15 Å². The third-order valence-corrected chi connectivity index (χ3v) is 5.90. The summed E-state index contributed by atoms with van der Waals surface area (Å²) in [6.07, 6.45) is 1.45. The van der Waals surface area contributed by atoms with E-state index in [-0.39, 0.29) is 10.7 Å². The maximum Gasteiger partial charge on any atom is 0.343 e. The first-order valence-electron chi connectivity index (χ1n) is 9.22. The first-order chi connectivity index (χ1) is 14.6. The van der Waals surface area contributed by atoms with Crippen molar-refractivity contribution in [1.82, 2.24) is 14.6 Å². The number of ether oxygens (including phenoxy) is 1. The summed E-state index contributed by atoms with van der Waals surface area (Å²) < 4.78 is 7.08. The number of aromatic nitrogens is 3. The van der Waals surface area contributed by atoms with Crippen molar-refractivity contribution in [2.75, 3.05) is 12.0 Å². The summed E-state index contributed by atoms with van der Waals surface area (Å²) in [6, 6.07) is 20.2. The number of anilines is 1. The summed E-state index contributed by atoms with van der Waals surface area (Å²) >= 11 is 10.0. The number of rotatable bonds is 6. The lowest BCUT2D eigenvalue weighted by Gasteiger charge is -2.27. The van der Waals surface area contributed by atoms with Gasteiger partial charge in [0, 0.05) is 13.1 Å². The van der Waals surface area contributed by atoms with Crippen LogP contribution in [0.3, 0.4) is 0 Å². The minimum absolute atomic E-state index is 0.245. The fraction of sp³-hybridized carbons (Fsp3) is 0.136. The molecule has 0 amide bonds. The molecule has 2 aromatic heterocycles. The van der Waals surface area contributed by atoms with E-state index in [0.717, 1.165) is 11.1 Å². The average Bonchev–Trinajstić information content (AvgIpc) is 3.18. The Hall–Kier alpha value is -2.90. The van der Waals surface area contributed by atoms with E-state index in [4.69, 9.17) is 16.3 Å². The number of benzene rings is 2. The Balaban J connectivity index is 1.87. The largest absolute Gasteiger partial charge is 0.465 e. The smallest absolute Gasteiger partial charge is 0.343 e. The maximum atomic E-state index is 12.2. The van der Waals surface area contributed by atoms with E-state index >= 15 is 0 Å². The van der Waals surface area contributed by atoms with Crippen molar-refractivity contribution >= 4 is 45.0 Å². The van der Waals surface area contributed by atoms with Gasteiger partial charge in [0.05, 0.1) is 17.8 Å². The first kappa shape index (κ1) is 20.4. The normalized spacial score (nSPS) is 10.9. The zero-order chi connectivity index (χ0) is 21.1. The Bertz CT molecular complexity index is 1140. The number of nitrogens with zero attached hydrogens (tertiary/aromatic N) is 4. The van der Waals surface area contributed by atoms with Gasteiger partial charge in [-0.25, -0.2) is 9.78 Å². The third-order valence-electron chi connectivity index (χ3n) is 4.66. The summed E-state index contributed by atoms with van der Waals surface area (Å²) in [7, 11) is 1.32. The number of fused-ring (bicyclic) bond motifs is 1. The van der Waals surface area contributed by atoms with Crippen LogP contribution in [-0.2, 0) is 17.8 Å². The Labute approximate surface area is 187 Å². The van der Waals surface area contributed by atoms with Gasteiger partial charge in [0.2, 0.25) is 0 Å². The molecule has 0 spiro atoms. The molecule has 0 saturated heterocycles. The van der Waals surface area contributed by atoms with Gasteiger partial charge in [-0.05, 0) is 27.1 Å². The van der Waals surface area contributed by atoms with E-state index in [9.17, 15) is 4.79 Å². The molecule has 8 heteroatoms. The molecule has 0 bridgehead atoms. The van der Waals surface area contributed by atoms with Crippen LogP contribution >= 0.6 is 27.5 Å². The molecule has 6 nitrogen and oxygen atoms in total. The first-order valence-corrected chi connectivity index (χ1v) is 10.4. The van der Waals surface area contributed by atoms with Crippen molar-refractivity contribution in [2.45, 2.75) is 13.1 Å². The molecule has 0 aliphatic carbocycles. The molecule has 4 rings (SSSR count). The Morgan fingerprint density at radius 1 is 1.07 bits per heavy atom. The second-order valence-electron chi connectivity index (χ2n) is 6.65. The van der Waals surface area contributed by atoms with Crippen LogP contribution in [0.1, 0.15) is 21.5 Å². The quantitative estimate of drug-likeness (QED) is 0.280. The van der Waals surface area contributed by atoms with Crippen LogP contribution in [0.25, 0.3) is 5.65 Å². The molecule has 0 unspecified atom stereocenters. The predicted octanol–water partition coefficient (Wildman–Crippen LogP) is 5.14. The highest BCUT2D eigenvalue weighted by Gasteiger charge is 2.24. The van der Waals surface area contributed by atoms with E-state index in [1.54, 1.807) is 4.52 Å². The lowest BCUT2D eigenvalue weighted by Crippen LogP contribution is -2.25. The minimum Gasteiger partial charge on any atom is -0.465 e. The van der Waals surface area contributed by atoms with Crippen molar-refractivity contribution in [3.8, 4) is 0 Å². The molecule has 0 fully saturated rings. The second kappa shape index (κ2) is 8.85. The summed E-state index contributed by atoms with van der Waals surface area (Å²) in [5.41, 5.74) is 2.85. The molecule has 0 saturated carbocycles. The predicted molar refractivity (Wildman–Crippen MR) is 120 cm³/mol. The lowest BCUT2D eigenvalue weighted by molar-refractivity contribution is 0.0602. The molecule has 4 aromatic rings. The van der Waals surface area contributed by atoms with Crippen LogP contribution < -0.4 is 4.90 Å². The van der Waals surface area contributed by atoms with Gasteiger partial charge in [-0.1, -0.05) is 72.3 Å². The topological polar surface area (TPSA) is 59.7 Å². The number of esters is 1. The standard InChI is InChI=1S/C22H18BrClN4O2/c1-30-22(29)17-12-25-28-20(17)26-19(24)18(23)21(28)27(13-15-8-4-2-5-9-15)14-16-10-6-3-7-11-16/h2-12H,13-14H2,1H3. The summed E-state index contributed by atoms with van der Waals surface area (Å²) in [5, 5.41) is 4.66. The average molecular weight is 486 g/mol. The number of halogens is 2. The second-order valence-corrected chi connectivity index (χ2v) is 7.80. The summed E-state index contributed by atoms with van der Waals surface area (Å²) in [5.74, 6) is 0.187. The Morgan fingerprint density at radius 3 is 2.17 bits per heavy atom. The van der Waals surface area contributed by atoms with Crippen LogP contribution in [0.4, 0.5) is 5.82 Å². The maximum absolute atomic E-state index is 12.2. The molecule has 152 valence electrons. The number of hydrogen-bond donors (Lipinski definition) is 0. The molecular weight excluding hydrogens is 468 g/mol. The highest BCUT2D eigenvalue weighted by Crippen LogP contribution is 2.35. The van der Waals surface area contributed by atoms with Crippen molar-refractivity contribution < 1.29 is 9.53 Å². The van der Waals surface area contributed by atoms with Crippen molar-refractivity contribution in [3.63, 3.8) is 0 Å². The molecule has 0 aliphatic heterocycles.